The van der Waals surface area contributed by atoms with Gasteiger partial charge in [-0.2, -0.15) is 4.98 Å². The molecule has 1 aromatic heterocycles. The summed E-state index contributed by atoms with van der Waals surface area (Å²) in [5.41, 5.74) is -0.690. The first-order valence-electron chi connectivity index (χ1n) is 8.99. The number of ether oxygens (including phenoxy) is 2. The zero-order valence-electron chi connectivity index (χ0n) is 14.9. The summed E-state index contributed by atoms with van der Waals surface area (Å²) in [6.07, 6.45) is 6.28. The molecule has 0 amide bonds. The van der Waals surface area contributed by atoms with Crippen LogP contribution in [0.1, 0.15) is 40.0 Å². The second-order valence-electron chi connectivity index (χ2n) is 7.61. The standard InChI is InChI=1S/C18H29N3O3/c1-13(2)11-24-17-10-19-9-16(20-17)21-7-4-5-15(21)14-12-23-8-6-18(14,3)22/h9-10,13-15,22H,4-8,11-12H2,1-3H3. The largest absolute Gasteiger partial charge is 0.476 e. The van der Waals surface area contributed by atoms with E-state index in [0.717, 1.165) is 25.2 Å². The molecule has 134 valence electrons. The molecule has 3 atom stereocenters. The van der Waals surface area contributed by atoms with Gasteiger partial charge in [0.15, 0.2) is 5.82 Å². The summed E-state index contributed by atoms with van der Waals surface area (Å²) in [7, 11) is 0. The predicted molar refractivity (Wildman–Crippen MR) is 92.3 cm³/mol. The summed E-state index contributed by atoms with van der Waals surface area (Å²) < 4.78 is 11.4. The lowest BCUT2D eigenvalue weighted by atomic mass is 9.79. The molecule has 0 aliphatic carbocycles. The number of aliphatic hydroxyl groups is 1. The number of hydrogen-bond acceptors (Lipinski definition) is 6. The van der Waals surface area contributed by atoms with Gasteiger partial charge in [0, 0.05) is 25.1 Å². The first kappa shape index (κ1) is 17.4. The van der Waals surface area contributed by atoms with Crippen LogP contribution in [0.25, 0.3) is 0 Å². The van der Waals surface area contributed by atoms with Crippen molar-refractivity contribution in [3.63, 3.8) is 0 Å². The van der Waals surface area contributed by atoms with Crippen LogP contribution in [-0.4, -0.2) is 53.1 Å². The van der Waals surface area contributed by atoms with Gasteiger partial charge in [0.2, 0.25) is 5.88 Å². The SMILES string of the molecule is CC(C)COc1cncc(N2CCCC2C2COCCC2(C)O)n1. The molecule has 6 heteroatoms. The van der Waals surface area contributed by atoms with Crippen molar-refractivity contribution in [1.29, 1.82) is 0 Å². The highest BCUT2D eigenvalue weighted by Crippen LogP contribution is 2.37. The van der Waals surface area contributed by atoms with Gasteiger partial charge in [-0.05, 0) is 32.1 Å². The summed E-state index contributed by atoms with van der Waals surface area (Å²) in [6.45, 7) is 8.95. The van der Waals surface area contributed by atoms with Crippen LogP contribution in [0.15, 0.2) is 12.4 Å². The second kappa shape index (κ2) is 7.23. The van der Waals surface area contributed by atoms with Crippen molar-refractivity contribution in [3.8, 4) is 5.88 Å². The fourth-order valence-corrected chi connectivity index (χ4v) is 3.67. The Bertz CT molecular complexity index is 550. The van der Waals surface area contributed by atoms with Gasteiger partial charge in [-0.25, -0.2) is 0 Å². The molecule has 2 aliphatic rings. The Morgan fingerprint density at radius 3 is 3.04 bits per heavy atom. The molecule has 0 bridgehead atoms. The molecule has 2 aliphatic heterocycles. The van der Waals surface area contributed by atoms with E-state index in [1.54, 1.807) is 12.4 Å². The van der Waals surface area contributed by atoms with Crippen molar-refractivity contribution in [2.45, 2.75) is 51.7 Å². The molecule has 0 spiro atoms. The minimum atomic E-state index is -0.690. The number of hydrogen-bond donors (Lipinski definition) is 1. The molecule has 0 radical (unpaired) electrons. The molecule has 2 fully saturated rings. The van der Waals surface area contributed by atoms with Gasteiger partial charge in [-0.1, -0.05) is 13.8 Å². The fraction of sp³-hybridized carbons (Fsp3) is 0.778. The quantitative estimate of drug-likeness (QED) is 0.890. The lowest BCUT2D eigenvalue weighted by molar-refractivity contribution is -0.108. The van der Waals surface area contributed by atoms with E-state index >= 15 is 0 Å². The van der Waals surface area contributed by atoms with Gasteiger partial charge < -0.3 is 19.5 Å². The molecule has 3 unspecified atom stereocenters. The molecule has 0 saturated carbocycles. The molecule has 1 aromatic rings. The van der Waals surface area contributed by atoms with Crippen LogP contribution in [0.4, 0.5) is 5.82 Å². The normalized spacial score (nSPS) is 30.8. The van der Waals surface area contributed by atoms with Crippen LogP contribution >= 0.6 is 0 Å². The zero-order valence-corrected chi connectivity index (χ0v) is 14.9. The lowest BCUT2D eigenvalue weighted by Gasteiger charge is -2.43. The first-order chi connectivity index (χ1) is 11.5. The van der Waals surface area contributed by atoms with Crippen molar-refractivity contribution >= 4 is 5.82 Å². The maximum absolute atomic E-state index is 10.8. The molecule has 6 nitrogen and oxygen atoms in total. The Hall–Kier alpha value is -1.40. The second-order valence-corrected chi connectivity index (χ2v) is 7.61. The third kappa shape index (κ3) is 3.81. The predicted octanol–water partition coefficient (Wildman–Crippen LogP) is 2.27. The summed E-state index contributed by atoms with van der Waals surface area (Å²) in [5.74, 6) is 1.94. The zero-order chi connectivity index (χ0) is 17.2. The van der Waals surface area contributed by atoms with Crippen LogP contribution in [0.3, 0.4) is 0 Å². The fourth-order valence-electron chi connectivity index (χ4n) is 3.67. The average molecular weight is 335 g/mol. The third-order valence-electron chi connectivity index (χ3n) is 5.07. The minimum Gasteiger partial charge on any atom is -0.476 e. The Morgan fingerprint density at radius 2 is 2.29 bits per heavy atom. The number of aromatic nitrogens is 2. The van der Waals surface area contributed by atoms with E-state index in [2.05, 4.69) is 28.7 Å². The van der Waals surface area contributed by atoms with Crippen molar-refractivity contribution in [2.75, 3.05) is 31.3 Å². The average Bonchev–Trinajstić information content (AvgIpc) is 3.02. The molecule has 2 saturated heterocycles. The first-order valence-corrected chi connectivity index (χ1v) is 8.99. The van der Waals surface area contributed by atoms with Crippen molar-refractivity contribution in [1.82, 2.24) is 9.97 Å². The topological polar surface area (TPSA) is 67.7 Å². The van der Waals surface area contributed by atoms with E-state index in [9.17, 15) is 5.11 Å². The molecule has 3 rings (SSSR count). The molecular weight excluding hydrogens is 306 g/mol. The summed E-state index contributed by atoms with van der Waals surface area (Å²) >= 11 is 0. The van der Waals surface area contributed by atoms with E-state index in [1.807, 2.05) is 6.92 Å². The van der Waals surface area contributed by atoms with Crippen molar-refractivity contribution in [2.24, 2.45) is 11.8 Å². The minimum absolute atomic E-state index is 0.0933. The van der Waals surface area contributed by atoms with E-state index in [-0.39, 0.29) is 12.0 Å². The van der Waals surface area contributed by atoms with E-state index in [4.69, 9.17) is 9.47 Å². The number of rotatable bonds is 5. The molecule has 3 heterocycles. The maximum Gasteiger partial charge on any atom is 0.234 e. The van der Waals surface area contributed by atoms with Gasteiger partial charge in [0.1, 0.15) is 0 Å². The van der Waals surface area contributed by atoms with E-state index in [0.29, 0.717) is 38.0 Å². The Kier molecular flexibility index (Phi) is 5.25. The molecule has 1 N–H and O–H groups in total. The number of nitrogens with zero attached hydrogens (tertiary/aromatic N) is 3. The third-order valence-corrected chi connectivity index (χ3v) is 5.07. The lowest BCUT2D eigenvalue weighted by Crippen LogP contribution is -2.52. The van der Waals surface area contributed by atoms with E-state index in [1.165, 1.54) is 0 Å². The van der Waals surface area contributed by atoms with E-state index < -0.39 is 5.60 Å². The van der Waals surface area contributed by atoms with Gasteiger partial charge in [0.05, 0.1) is 31.2 Å². The van der Waals surface area contributed by atoms with Crippen LogP contribution in [-0.2, 0) is 4.74 Å². The highest BCUT2D eigenvalue weighted by molar-refractivity contribution is 5.41. The Balaban J connectivity index is 1.76. The number of anilines is 1. The van der Waals surface area contributed by atoms with Gasteiger partial charge in [-0.15, -0.1) is 0 Å². The van der Waals surface area contributed by atoms with Crippen LogP contribution < -0.4 is 9.64 Å². The summed E-state index contributed by atoms with van der Waals surface area (Å²) in [6, 6.07) is 0.231. The highest BCUT2D eigenvalue weighted by Gasteiger charge is 2.44. The maximum atomic E-state index is 10.8. The summed E-state index contributed by atoms with van der Waals surface area (Å²) in [4.78, 5) is 11.2. The van der Waals surface area contributed by atoms with Crippen LogP contribution in [0.5, 0.6) is 5.88 Å². The van der Waals surface area contributed by atoms with Gasteiger partial charge in [-0.3, -0.25) is 4.98 Å². The smallest absolute Gasteiger partial charge is 0.234 e. The molecular formula is C18H29N3O3. The van der Waals surface area contributed by atoms with Crippen LogP contribution in [0.2, 0.25) is 0 Å². The van der Waals surface area contributed by atoms with Crippen molar-refractivity contribution < 1.29 is 14.6 Å². The Morgan fingerprint density at radius 1 is 1.46 bits per heavy atom. The molecule has 0 aromatic carbocycles. The highest BCUT2D eigenvalue weighted by atomic mass is 16.5. The Labute approximate surface area is 144 Å². The van der Waals surface area contributed by atoms with Gasteiger partial charge in [0.25, 0.3) is 0 Å². The monoisotopic (exact) mass is 335 g/mol. The summed E-state index contributed by atoms with van der Waals surface area (Å²) in [5, 5.41) is 10.8. The van der Waals surface area contributed by atoms with Crippen molar-refractivity contribution in [3.05, 3.63) is 12.4 Å². The molecule has 24 heavy (non-hydrogen) atoms. The van der Waals surface area contributed by atoms with Crippen LogP contribution in [0, 0.1) is 11.8 Å². The van der Waals surface area contributed by atoms with Gasteiger partial charge >= 0.3 is 0 Å².